The first-order chi connectivity index (χ1) is 10.3. The van der Waals surface area contributed by atoms with Crippen LogP contribution in [-0.4, -0.2) is 33.6 Å². The summed E-state index contributed by atoms with van der Waals surface area (Å²) in [4.78, 5) is 19.6. The lowest BCUT2D eigenvalue weighted by Crippen LogP contribution is -2.35. The molecule has 3 N–H and O–H groups in total. The maximum Gasteiger partial charge on any atom is 0.267 e. The molecule has 5 nitrogen and oxygen atoms in total. The molecule has 0 aromatic carbocycles. The SMILES string of the molecule is Cc1nc(-c2c[nH]c(C(=O)NCC(C)(C)CC(C)O)c2)cs1. The molecule has 120 valence electrons. The molecule has 1 atom stereocenters. The first kappa shape index (κ1) is 16.7. The number of aromatic nitrogens is 2. The van der Waals surface area contributed by atoms with Crippen molar-refractivity contribution in [3.8, 4) is 11.3 Å². The number of H-pyrrole nitrogens is 1. The van der Waals surface area contributed by atoms with Crippen LogP contribution in [-0.2, 0) is 0 Å². The summed E-state index contributed by atoms with van der Waals surface area (Å²) in [7, 11) is 0. The van der Waals surface area contributed by atoms with E-state index in [-0.39, 0.29) is 17.4 Å². The van der Waals surface area contributed by atoms with Crippen LogP contribution in [0.25, 0.3) is 11.3 Å². The maximum absolute atomic E-state index is 12.2. The zero-order chi connectivity index (χ0) is 16.3. The van der Waals surface area contributed by atoms with Crippen LogP contribution in [0.15, 0.2) is 17.6 Å². The van der Waals surface area contributed by atoms with Crippen LogP contribution in [0.5, 0.6) is 0 Å². The van der Waals surface area contributed by atoms with Gasteiger partial charge in [-0.25, -0.2) is 4.98 Å². The molecule has 2 heterocycles. The van der Waals surface area contributed by atoms with Gasteiger partial charge < -0.3 is 15.4 Å². The second-order valence-electron chi connectivity index (χ2n) is 6.45. The molecule has 2 aromatic rings. The zero-order valence-electron chi connectivity index (χ0n) is 13.4. The van der Waals surface area contributed by atoms with Gasteiger partial charge in [0.25, 0.3) is 5.91 Å². The highest BCUT2D eigenvalue weighted by Gasteiger charge is 2.22. The number of nitrogens with one attached hydrogen (secondary N) is 2. The van der Waals surface area contributed by atoms with E-state index in [2.05, 4.69) is 15.3 Å². The fourth-order valence-corrected chi connectivity index (χ4v) is 3.08. The summed E-state index contributed by atoms with van der Waals surface area (Å²) in [5.74, 6) is -0.142. The van der Waals surface area contributed by atoms with Crippen molar-refractivity contribution in [3.63, 3.8) is 0 Å². The Kier molecular flexibility index (Phi) is 5.03. The van der Waals surface area contributed by atoms with Crippen molar-refractivity contribution in [2.75, 3.05) is 6.54 Å². The molecular formula is C16H23N3O2S. The van der Waals surface area contributed by atoms with Crippen molar-refractivity contribution in [1.29, 1.82) is 0 Å². The van der Waals surface area contributed by atoms with Gasteiger partial charge in [-0.2, -0.15) is 0 Å². The number of carbonyl (C=O) groups excluding carboxylic acids is 1. The normalized spacial score (nSPS) is 13.1. The summed E-state index contributed by atoms with van der Waals surface area (Å²) in [5.41, 5.74) is 2.17. The van der Waals surface area contributed by atoms with Crippen molar-refractivity contribution >= 4 is 17.2 Å². The average molecular weight is 321 g/mol. The second kappa shape index (κ2) is 6.62. The molecule has 1 unspecified atom stereocenters. The molecule has 0 saturated carbocycles. The highest BCUT2D eigenvalue weighted by atomic mass is 32.1. The molecule has 1 amide bonds. The van der Waals surface area contributed by atoms with Crippen LogP contribution in [0.4, 0.5) is 0 Å². The van der Waals surface area contributed by atoms with Crippen LogP contribution in [0.1, 0.15) is 42.7 Å². The molecule has 2 rings (SSSR count). The Morgan fingerprint density at radius 2 is 2.27 bits per heavy atom. The number of hydrogen-bond donors (Lipinski definition) is 3. The number of nitrogens with zero attached hydrogens (tertiary/aromatic N) is 1. The molecule has 0 spiro atoms. The van der Waals surface area contributed by atoms with E-state index in [1.165, 1.54) is 0 Å². The smallest absolute Gasteiger partial charge is 0.267 e. The Bertz CT molecular complexity index is 643. The Labute approximate surface area is 134 Å². The summed E-state index contributed by atoms with van der Waals surface area (Å²) in [6, 6.07) is 1.81. The van der Waals surface area contributed by atoms with E-state index < -0.39 is 0 Å². The number of hydrogen-bond acceptors (Lipinski definition) is 4. The molecule has 0 bridgehead atoms. The van der Waals surface area contributed by atoms with Gasteiger partial charge in [-0.15, -0.1) is 11.3 Å². The van der Waals surface area contributed by atoms with E-state index >= 15 is 0 Å². The predicted molar refractivity (Wildman–Crippen MR) is 89.0 cm³/mol. The lowest BCUT2D eigenvalue weighted by atomic mass is 9.87. The topological polar surface area (TPSA) is 78.0 Å². The van der Waals surface area contributed by atoms with Gasteiger partial charge in [0.1, 0.15) is 5.69 Å². The van der Waals surface area contributed by atoms with E-state index in [0.717, 1.165) is 16.3 Å². The van der Waals surface area contributed by atoms with Crippen molar-refractivity contribution in [2.45, 2.75) is 40.2 Å². The number of amides is 1. The van der Waals surface area contributed by atoms with Crippen LogP contribution in [0.3, 0.4) is 0 Å². The van der Waals surface area contributed by atoms with Gasteiger partial charge in [0.2, 0.25) is 0 Å². The summed E-state index contributed by atoms with van der Waals surface area (Å²) in [6.07, 6.45) is 2.06. The van der Waals surface area contributed by atoms with Crippen molar-refractivity contribution in [1.82, 2.24) is 15.3 Å². The van der Waals surface area contributed by atoms with Gasteiger partial charge in [-0.05, 0) is 31.7 Å². The van der Waals surface area contributed by atoms with Gasteiger partial charge in [0, 0.05) is 23.7 Å². The third kappa shape index (κ3) is 4.42. The van der Waals surface area contributed by atoms with Gasteiger partial charge in [-0.3, -0.25) is 4.79 Å². The minimum absolute atomic E-state index is 0.142. The minimum Gasteiger partial charge on any atom is -0.393 e. The van der Waals surface area contributed by atoms with E-state index in [1.807, 2.05) is 32.2 Å². The fourth-order valence-electron chi connectivity index (χ4n) is 2.46. The molecule has 0 radical (unpaired) electrons. The van der Waals surface area contributed by atoms with Crippen LogP contribution in [0, 0.1) is 12.3 Å². The average Bonchev–Trinajstić information content (AvgIpc) is 3.03. The molecule has 0 aliphatic rings. The number of aliphatic hydroxyl groups is 1. The monoisotopic (exact) mass is 321 g/mol. The first-order valence-corrected chi connectivity index (χ1v) is 8.22. The van der Waals surface area contributed by atoms with E-state index in [4.69, 9.17) is 0 Å². The number of carbonyl (C=O) groups is 1. The quantitative estimate of drug-likeness (QED) is 0.765. The van der Waals surface area contributed by atoms with Crippen molar-refractivity contribution in [2.24, 2.45) is 5.41 Å². The fraction of sp³-hybridized carbons (Fsp3) is 0.500. The Hall–Kier alpha value is -1.66. The molecule has 0 aliphatic carbocycles. The van der Waals surface area contributed by atoms with Crippen LogP contribution < -0.4 is 5.32 Å². The largest absolute Gasteiger partial charge is 0.393 e. The summed E-state index contributed by atoms with van der Waals surface area (Å²) >= 11 is 1.59. The van der Waals surface area contributed by atoms with E-state index in [0.29, 0.717) is 18.7 Å². The van der Waals surface area contributed by atoms with Crippen LogP contribution in [0.2, 0.25) is 0 Å². The number of aliphatic hydroxyl groups excluding tert-OH is 1. The predicted octanol–water partition coefficient (Wildman–Crippen LogP) is 2.97. The van der Waals surface area contributed by atoms with E-state index in [9.17, 15) is 9.90 Å². The number of aromatic amines is 1. The molecule has 0 aliphatic heterocycles. The van der Waals surface area contributed by atoms with Crippen molar-refractivity contribution in [3.05, 3.63) is 28.3 Å². The summed E-state index contributed by atoms with van der Waals surface area (Å²) in [5, 5.41) is 15.4. The molecule has 0 fully saturated rings. The third-order valence-electron chi connectivity index (χ3n) is 3.42. The first-order valence-electron chi connectivity index (χ1n) is 7.34. The lowest BCUT2D eigenvalue weighted by Gasteiger charge is -2.26. The summed E-state index contributed by atoms with van der Waals surface area (Å²) < 4.78 is 0. The third-order valence-corrected chi connectivity index (χ3v) is 4.19. The molecule has 2 aromatic heterocycles. The lowest BCUT2D eigenvalue weighted by molar-refractivity contribution is 0.0898. The van der Waals surface area contributed by atoms with Gasteiger partial charge in [0.05, 0.1) is 16.8 Å². The summed E-state index contributed by atoms with van der Waals surface area (Å²) in [6.45, 7) is 8.28. The molecular weight excluding hydrogens is 298 g/mol. The van der Waals surface area contributed by atoms with Crippen molar-refractivity contribution < 1.29 is 9.90 Å². The maximum atomic E-state index is 12.2. The molecule has 22 heavy (non-hydrogen) atoms. The number of rotatable bonds is 6. The Morgan fingerprint density at radius 3 is 2.86 bits per heavy atom. The van der Waals surface area contributed by atoms with Gasteiger partial charge in [0.15, 0.2) is 0 Å². The molecule has 6 heteroatoms. The standard InChI is InChI=1S/C16H23N3O2S/c1-10(20)6-16(3,4)9-18-15(21)13-5-12(7-17-13)14-8-22-11(2)19-14/h5,7-8,10,17,20H,6,9H2,1-4H3,(H,18,21). The molecule has 0 saturated heterocycles. The van der Waals surface area contributed by atoms with Gasteiger partial charge >= 0.3 is 0 Å². The van der Waals surface area contributed by atoms with E-state index in [1.54, 1.807) is 24.5 Å². The van der Waals surface area contributed by atoms with Crippen LogP contribution >= 0.6 is 11.3 Å². The highest BCUT2D eigenvalue weighted by Crippen LogP contribution is 2.23. The zero-order valence-corrected chi connectivity index (χ0v) is 14.3. The second-order valence-corrected chi connectivity index (χ2v) is 7.52. The minimum atomic E-state index is -0.378. The number of thiazole rings is 1. The van der Waals surface area contributed by atoms with Gasteiger partial charge in [-0.1, -0.05) is 13.8 Å². The number of aryl methyl sites for hydroxylation is 1. The Morgan fingerprint density at radius 1 is 1.55 bits per heavy atom. The Balaban J connectivity index is 1.98. The highest BCUT2D eigenvalue weighted by molar-refractivity contribution is 7.09.